The molecule has 0 fully saturated rings. The summed E-state index contributed by atoms with van der Waals surface area (Å²) in [7, 11) is 2.87. The largest absolute Gasteiger partial charge is 0.513 e. The van der Waals surface area contributed by atoms with Crippen molar-refractivity contribution in [1.82, 2.24) is 0 Å². The predicted octanol–water partition coefficient (Wildman–Crippen LogP) is 8.72. The first-order valence-corrected chi connectivity index (χ1v) is 13.5. The number of methoxy groups -OCH3 is 2. The molecular weight excluding hydrogens is 648 g/mol. The Bertz CT molecular complexity index is 1900. The van der Waals surface area contributed by atoms with Gasteiger partial charge in [-0.3, -0.25) is 10.1 Å². The molecule has 0 bridgehead atoms. The van der Waals surface area contributed by atoms with Gasteiger partial charge in [-0.2, -0.15) is 0 Å². The third kappa shape index (κ3) is 11.5. The van der Waals surface area contributed by atoms with Crippen molar-refractivity contribution in [2.75, 3.05) is 27.1 Å². The molecule has 0 radical (unpaired) electrons. The Morgan fingerprint density at radius 2 is 1.20 bits per heavy atom. The van der Waals surface area contributed by atoms with Crippen LogP contribution in [0.15, 0.2) is 22.7 Å². The molecule has 2 rings (SSSR count). The lowest BCUT2D eigenvalue weighted by atomic mass is 9.79. The van der Waals surface area contributed by atoms with Crippen LogP contribution in [0.3, 0.4) is 0 Å². The number of benzene rings is 2. The number of hydrogen-bond donors (Lipinski definition) is 2. The average molecular weight is 718 g/mol. The number of carbonyl (C=O) groups is 2. The molecule has 0 spiro atoms. The molecule has 0 amide bonds. The summed E-state index contributed by atoms with van der Waals surface area (Å²) in [4.78, 5) is 34.5. The minimum absolute atomic E-state index is 0.0654. The van der Waals surface area contributed by atoms with Crippen LogP contribution in [0.2, 0.25) is 0 Å². The van der Waals surface area contributed by atoms with Crippen LogP contribution < -0.4 is 15.2 Å². The molecule has 11 nitrogen and oxygen atoms in total. The molecule has 45 heavy (non-hydrogen) atoms. The van der Waals surface area contributed by atoms with Gasteiger partial charge in [0.25, 0.3) is 5.69 Å². The van der Waals surface area contributed by atoms with Crippen molar-refractivity contribution in [3.05, 3.63) is 55.0 Å². The van der Waals surface area contributed by atoms with Gasteiger partial charge in [0.2, 0.25) is 0 Å². The SMILES string of the molecule is CO.[2H]C([2H])([2H])C(c1cc(C(C)(C)C)c(N)cc1OC(=O)OC)(C([2H])([2H])[2H])C([2H])([2H])[2H].[2H]C([2H])([2H])C(c1cc(C(C)(C)C)c([N+](=O)[O-])c(Br)c1OC(=O)OC)(C([2H])([2H])[2H])C([2H])([2H])[2H]. The Morgan fingerprint density at radius 1 is 0.778 bits per heavy atom. The van der Waals surface area contributed by atoms with Crippen molar-refractivity contribution >= 4 is 39.6 Å². The van der Waals surface area contributed by atoms with Crippen LogP contribution in [-0.2, 0) is 31.1 Å². The Morgan fingerprint density at radius 3 is 1.60 bits per heavy atom. The number of nitro benzene ring substituents is 1. The van der Waals surface area contributed by atoms with Crippen molar-refractivity contribution in [2.24, 2.45) is 0 Å². The minimum atomic E-state index is -3.69. The molecule has 0 heterocycles. The lowest BCUT2D eigenvalue weighted by Crippen LogP contribution is -2.21. The molecule has 2 aromatic rings. The number of ether oxygens (including phenoxy) is 4. The molecule has 0 saturated carbocycles. The summed E-state index contributed by atoms with van der Waals surface area (Å²) in [6, 6.07) is 2.93. The monoisotopic (exact) mass is 716 g/mol. The zero-order valence-corrected chi connectivity index (χ0v) is 27.9. The number of aliphatic hydroxyl groups is 1. The highest BCUT2D eigenvalue weighted by atomic mass is 79.9. The van der Waals surface area contributed by atoms with E-state index in [0.29, 0.717) is 5.56 Å². The number of nitrogen functional groups attached to an aromatic ring is 1. The average Bonchev–Trinajstić information content (AvgIpc) is 3.03. The summed E-state index contributed by atoms with van der Waals surface area (Å²) in [5, 5.41) is 18.8. The number of carbonyl (C=O) groups excluding carboxylic acids is 2. The molecular formula is C33H51BrN2O9. The Balaban J connectivity index is 0.00000118. The molecule has 0 aromatic heterocycles. The summed E-state index contributed by atoms with van der Waals surface area (Å²) in [5.41, 5.74) is -4.80. The minimum Gasteiger partial charge on any atom is -0.437 e. The Kier molecular flexibility index (Phi) is 7.00. The van der Waals surface area contributed by atoms with Gasteiger partial charge in [0.1, 0.15) is 10.2 Å². The van der Waals surface area contributed by atoms with E-state index in [4.69, 9.17) is 45.0 Å². The van der Waals surface area contributed by atoms with Gasteiger partial charge in [-0.25, -0.2) is 9.59 Å². The lowest BCUT2D eigenvalue weighted by Gasteiger charge is -2.28. The van der Waals surface area contributed by atoms with Crippen LogP contribution in [0.25, 0.3) is 0 Å². The van der Waals surface area contributed by atoms with Crippen LogP contribution in [0, 0.1) is 10.1 Å². The summed E-state index contributed by atoms with van der Waals surface area (Å²) in [6.45, 7) is -11.9. The molecule has 254 valence electrons. The lowest BCUT2D eigenvalue weighted by molar-refractivity contribution is -0.386. The van der Waals surface area contributed by atoms with Gasteiger partial charge < -0.3 is 29.8 Å². The maximum absolute atomic E-state index is 11.9. The number of rotatable bonds is 3. The first-order valence-electron chi connectivity index (χ1n) is 21.7. The van der Waals surface area contributed by atoms with Crippen LogP contribution in [-0.4, -0.2) is 43.7 Å². The number of nitrogens with two attached hydrogens (primary N) is 1. The second-order valence-corrected chi connectivity index (χ2v) is 12.1. The van der Waals surface area contributed by atoms with Gasteiger partial charge in [-0.05, 0) is 55.3 Å². The first kappa shape index (κ1) is 20.0. The Labute approximate surface area is 301 Å². The van der Waals surface area contributed by atoms with E-state index in [1.807, 2.05) is 0 Å². The van der Waals surface area contributed by atoms with Gasteiger partial charge in [-0.1, -0.05) is 82.7 Å². The first-order chi connectivity index (χ1) is 27.8. The summed E-state index contributed by atoms with van der Waals surface area (Å²) >= 11 is 2.90. The summed E-state index contributed by atoms with van der Waals surface area (Å²) < 4.78 is 161. The third-order valence-electron chi connectivity index (χ3n) is 5.67. The molecule has 3 N–H and O–H groups in total. The normalized spacial score (nSPS) is 19.3. The third-order valence-corrected chi connectivity index (χ3v) is 6.40. The Hall–Kier alpha value is -3.38. The topological polar surface area (TPSA) is 160 Å². The van der Waals surface area contributed by atoms with E-state index < -0.39 is 113 Å². The van der Waals surface area contributed by atoms with Gasteiger partial charge in [0.15, 0.2) is 5.75 Å². The van der Waals surface area contributed by atoms with E-state index in [1.54, 1.807) is 20.8 Å². The quantitative estimate of drug-likeness (QED) is 0.103. The predicted molar refractivity (Wildman–Crippen MR) is 181 cm³/mol. The molecule has 0 aliphatic carbocycles. The maximum Gasteiger partial charge on any atom is 0.513 e. The van der Waals surface area contributed by atoms with Crippen molar-refractivity contribution < 1.29 is 63.2 Å². The zero-order chi connectivity index (χ0) is 50.9. The molecule has 2 aromatic carbocycles. The second-order valence-electron chi connectivity index (χ2n) is 11.3. The van der Waals surface area contributed by atoms with Gasteiger partial charge in [0.05, 0.1) is 19.1 Å². The van der Waals surface area contributed by atoms with E-state index in [0.717, 1.165) is 39.5 Å². The van der Waals surface area contributed by atoms with Gasteiger partial charge in [-0.15, -0.1) is 0 Å². The number of aliphatic hydroxyl groups excluding tert-OH is 1. The van der Waals surface area contributed by atoms with Crippen molar-refractivity contribution in [3.63, 3.8) is 0 Å². The van der Waals surface area contributed by atoms with Crippen molar-refractivity contribution in [3.8, 4) is 11.5 Å². The highest BCUT2D eigenvalue weighted by Gasteiger charge is 2.35. The highest BCUT2D eigenvalue weighted by Crippen LogP contribution is 2.47. The molecule has 0 saturated heterocycles. The zero-order valence-electron chi connectivity index (χ0n) is 44.3. The fraction of sp³-hybridized carbons (Fsp3) is 0.576. The standard InChI is InChI=1S/C16H22BrNO5.C16H25NO3.CH4O/c1-15(2,3)9-8-10(16(4,5)6)13(23-14(19)22-7)11(17)12(9)18(20)21;1-15(2,3)10-8-11(16(4,5)6)13(9-12(10)17)20-14(18)19-7;1-2/h8H,1-7H3;8-9H,17H2,1-7H3;2H,1H3/i2*4D3,5D3,6D3;. The van der Waals surface area contributed by atoms with E-state index in [1.165, 1.54) is 20.8 Å². The molecule has 0 unspecified atom stereocenters. The molecule has 12 heteroatoms. The number of nitrogens with zero attached hydrogens (tertiary/aromatic N) is 1. The van der Waals surface area contributed by atoms with Crippen molar-refractivity contribution in [1.29, 1.82) is 0 Å². The van der Waals surface area contributed by atoms with Crippen LogP contribution in [0.5, 0.6) is 11.5 Å². The summed E-state index contributed by atoms with van der Waals surface area (Å²) in [5.74, 6) is -1.55. The fourth-order valence-electron chi connectivity index (χ4n) is 3.63. The maximum atomic E-state index is 11.9. The van der Waals surface area contributed by atoms with Gasteiger partial charge in [0, 0.05) is 60.2 Å². The number of anilines is 1. The van der Waals surface area contributed by atoms with E-state index in [2.05, 4.69) is 25.4 Å². The molecule has 0 aliphatic rings. The van der Waals surface area contributed by atoms with Crippen LogP contribution in [0.4, 0.5) is 21.0 Å². The van der Waals surface area contributed by atoms with E-state index >= 15 is 0 Å². The van der Waals surface area contributed by atoms with E-state index in [-0.39, 0.29) is 11.3 Å². The molecule has 0 atom stereocenters. The summed E-state index contributed by atoms with van der Waals surface area (Å²) in [6.07, 6.45) is -2.76. The second kappa shape index (κ2) is 15.8. The number of halogens is 1. The molecule has 0 aliphatic heterocycles. The smallest absolute Gasteiger partial charge is 0.437 e. The highest BCUT2D eigenvalue weighted by molar-refractivity contribution is 9.10. The van der Waals surface area contributed by atoms with Crippen molar-refractivity contribution in [2.45, 2.75) is 104 Å². The van der Waals surface area contributed by atoms with Crippen LogP contribution in [0.1, 0.15) is 130 Å². The van der Waals surface area contributed by atoms with Crippen LogP contribution >= 0.6 is 15.9 Å². The van der Waals surface area contributed by atoms with Gasteiger partial charge >= 0.3 is 12.3 Å². The van der Waals surface area contributed by atoms with E-state index in [9.17, 15) is 19.7 Å². The fourth-order valence-corrected chi connectivity index (χ4v) is 4.28. The number of hydrogen-bond acceptors (Lipinski definition) is 10. The number of nitro groups is 1.